The van der Waals surface area contributed by atoms with Gasteiger partial charge in [-0.2, -0.15) is 9.50 Å². The standard InChI is InChI=1S/C17H16IN7O3S.C2H6/c1-9-11-14(24(7-8-28-29-18)12(9)16(26)27-2)22-17(19)25-15(11)21-13(23-25)10-5-3-4-6-20-10;1-2/h3-6H,7-8H2,1-2H3,(H2,19,22);1-2H3. The summed E-state index contributed by atoms with van der Waals surface area (Å²) < 4.78 is 13.6. The zero-order valence-electron chi connectivity index (χ0n) is 17.5. The van der Waals surface area contributed by atoms with Crippen molar-refractivity contribution < 1.29 is 13.7 Å². The number of esters is 1. The fourth-order valence-electron chi connectivity index (χ4n) is 3.24. The monoisotopic (exact) mass is 555 g/mol. The van der Waals surface area contributed by atoms with Gasteiger partial charge in [-0.05, 0) is 24.6 Å². The number of hydrogen-bond donors (Lipinski definition) is 1. The van der Waals surface area contributed by atoms with Gasteiger partial charge in [0.1, 0.15) is 17.0 Å². The number of nitrogens with two attached hydrogens (primary N) is 1. The van der Waals surface area contributed by atoms with Gasteiger partial charge in [0.2, 0.25) is 11.8 Å². The number of aryl methyl sites for hydroxylation is 1. The smallest absolute Gasteiger partial charge is 0.355 e. The number of fused-ring (bicyclic) bond motifs is 3. The van der Waals surface area contributed by atoms with Gasteiger partial charge in [0.15, 0.2) is 5.65 Å². The van der Waals surface area contributed by atoms with Crippen molar-refractivity contribution in [1.82, 2.24) is 29.1 Å². The molecule has 31 heavy (non-hydrogen) atoms. The molecule has 0 aliphatic carbocycles. The van der Waals surface area contributed by atoms with Gasteiger partial charge in [0.25, 0.3) is 0 Å². The average Bonchev–Trinajstić information content (AvgIpc) is 3.36. The maximum atomic E-state index is 12.5. The second kappa shape index (κ2) is 10.2. The van der Waals surface area contributed by atoms with Crippen molar-refractivity contribution in [3.63, 3.8) is 0 Å². The first-order chi connectivity index (χ1) is 15.1. The zero-order valence-corrected chi connectivity index (χ0v) is 20.5. The van der Waals surface area contributed by atoms with Gasteiger partial charge in [0.05, 0.1) is 28.3 Å². The van der Waals surface area contributed by atoms with E-state index in [0.717, 1.165) is 0 Å². The van der Waals surface area contributed by atoms with Crippen LogP contribution in [-0.2, 0) is 15.5 Å². The molecule has 164 valence electrons. The number of ether oxygens (including phenoxy) is 1. The lowest BCUT2D eigenvalue weighted by molar-refractivity contribution is 0.0587. The quantitative estimate of drug-likeness (QED) is 0.164. The number of methoxy groups -OCH3 is 1. The lowest BCUT2D eigenvalue weighted by Crippen LogP contribution is -2.14. The number of hydrogen-bond acceptors (Lipinski definition) is 9. The van der Waals surface area contributed by atoms with Crippen LogP contribution in [0.2, 0.25) is 0 Å². The van der Waals surface area contributed by atoms with Crippen LogP contribution in [0.4, 0.5) is 5.95 Å². The van der Waals surface area contributed by atoms with Gasteiger partial charge in [-0.1, -0.05) is 19.9 Å². The van der Waals surface area contributed by atoms with Crippen LogP contribution in [0.5, 0.6) is 0 Å². The van der Waals surface area contributed by atoms with E-state index in [4.69, 9.17) is 14.7 Å². The third-order valence-corrected chi connectivity index (χ3v) is 5.48. The minimum atomic E-state index is -0.469. The van der Waals surface area contributed by atoms with Crippen molar-refractivity contribution in [1.29, 1.82) is 0 Å². The van der Waals surface area contributed by atoms with Gasteiger partial charge in [0, 0.05) is 33.9 Å². The molecule has 0 radical (unpaired) electrons. The summed E-state index contributed by atoms with van der Waals surface area (Å²) >= 11 is 2.04. The minimum Gasteiger partial charge on any atom is -0.464 e. The van der Waals surface area contributed by atoms with Crippen molar-refractivity contribution in [2.45, 2.75) is 27.3 Å². The Kier molecular flexibility index (Phi) is 7.67. The summed E-state index contributed by atoms with van der Waals surface area (Å²) in [6.07, 6.45) is 1.67. The highest BCUT2D eigenvalue weighted by Gasteiger charge is 2.26. The Morgan fingerprint density at radius 2 is 2.03 bits per heavy atom. The third-order valence-electron chi connectivity index (χ3n) is 4.46. The van der Waals surface area contributed by atoms with Crippen molar-refractivity contribution in [2.24, 2.45) is 0 Å². The number of anilines is 1. The third kappa shape index (κ3) is 4.32. The van der Waals surface area contributed by atoms with Crippen LogP contribution in [0, 0.1) is 6.92 Å². The molecule has 4 aromatic rings. The lowest BCUT2D eigenvalue weighted by atomic mass is 10.2. The molecular formula is C19H22IN7O3S. The van der Waals surface area contributed by atoms with Gasteiger partial charge in [-0.25, -0.2) is 9.78 Å². The Balaban J connectivity index is 0.00000132. The predicted octanol–water partition coefficient (Wildman–Crippen LogP) is 3.86. The van der Waals surface area contributed by atoms with Crippen LogP contribution < -0.4 is 5.73 Å². The van der Waals surface area contributed by atoms with E-state index >= 15 is 0 Å². The fourth-order valence-corrected chi connectivity index (χ4v) is 3.92. The number of aromatic nitrogens is 6. The summed E-state index contributed by atoms with van der Waals surface area (Å²) in [5.41, 5.74) is 8.87. The molecule has 0 atom stereocenters. The summed E-state index contributed by atoms with van der Waals surface area (Å²) in [6, 6.07) is 5.48. The summed E-state index contributed by atoms with van der Waals surface area (Å²) in [4.78, 5) is 25.9. The Morgan fingerprint density at radius 3 is 2.68 bits per heavy atom. The Bertz CT molecular complexity index is 1210. The van der Waals surface area contributed by atoms with E-state index in [1.165, 1.54) is 20.8 Å². The normalized spacial score (nSPS) is 10.9. The first-order valence-electron chi connectivity index (χ1n) is 9.51. The highest BCUT2D eigenvalue weighted by atomic mass is 127. The number of halogens is 1. The molecule has 0 aliphatic heterocycles. The van der Waals surface area contributed by atoms with Crippen LogP contribution in [0.15, 0.2) is 24.4 Å². The Morgan fingerprint density at radius 1 is 1.26 bits per heavy atom. The number of nitrogen functional groups attached to an aromatic ring is 1. The number of nitrogens with zero attached hydrogens (tertiary/aromatic N) is 6. The molecular weight excluding hydrogens is 533 g/mol. The second-order valence-corrected chi connectivity index (χ2v) is 7.50. The second-order valence-electron chi connectivity index (χ2n) is 6.06. The maximum absolute atomic E-state index is 12.5. The van der Waals surface area contributed by atoms with Crippen LogP contribution in [-0.4, -0.2) is 48.8 Å². The number of carbonyl (C=O) groups excluding carboxylic acids is 1. The molecule has 0 saturated heterocycles. The van der Waals surface area contributed by atoms with Gasteiger partial charge < -0.3 is 19.2 Å². The summed E-state index contributed by atoms with van der Waals surface area (Å²) in [5, 5.41) is 5.13. The molecule has 0 aromatic carbocycles. The fraction of sp³-hybridized carbons (Fsp3) is 0.316. The number of pyridine rings is 1. The summed E-state index contributed by atoms with van der Waals surface area (Å²) in [7, 11) is 2.56. The van der Waals surface area contributed by atoms with E-state index in [9.17, 15) is 4.79 Å². The van der Waals surface area contributed by atoms with Crippen LogP contribution in [0.1, 0.15) is 29.9 Å². The molecule has 12 heteroatoms. The van der Waals surface area contributed by atoms with E-state index < -0.39 is 5.97 Å². The van der Waals surface area contributed by atoms with Gasteiger partial charge in [-0.3, -0.25) is 4.98 Å². The number of carbonyl (C=O) groups is 1. The molecule has 0 spiro atoms. The molecule has 10 nitrogen and oxygen atoms in total. The van der Waals surface area contributed by atoms with E-state index in [1.54, 1.807) is 10.8 Å². The average molecular weight is 555 g/mol. The van der Waals surface area contributed by atoms with Crippen molar-refractivity contribution >= 4 is 59.0 Å². The van der Waals surface area contributed by atoms with Crippen LogP contribution >= 0.6 is 30.4 Å². The lowest BCUT2D eigenvalue weighted by Gasteiger charge is -2.09. The SMILES string of the molecule is CC.COC(=O)c1c(C)c2c(nc(N)n3nc(-c4ccccn4)nc23)n1CCOSI. The maximum Gasteiger partial charge on any atom is 0.355 e. The van der Waals surface area contributed by atoms with Crippen LogP contribution in [0.25, 0.3) is 28.2 Å². The van der Waals surface area contributed by atoms with Crippen LogP contribution in [0.3, 0.4) is 0 Å². The zero-order chi connectivity index (χ0) is 22.5. The highest BCUT2D eigenvalue weighted by Crippen LogP contribution is 2.30. The topological polar surface area (TPSA) is 122 Å². The van der Waals surface area contributed by atoms with Crippen molar-refractivity contribution in [3.05, 3.63) is 35.7 Å². The predicted molar refractivity (Wildman–Crippen MR) is 129 cm³/mol. The van der Waals surface area contributed by atoms with Gasteiger partial charge >= 0.3 is 5.97 Å². The molecule has 0 bridgehead atoms. The molecule has 2 N–H and O–H groups in total. The van der Waals surface area contributed by atoms with E-state index in [-0.39, 0.29) is 5.95 Å². The van der Waals surface area contributed by atoms with Crippen molar-refractivity contribution in [2.75, 3.05) is 19.5 Å². The van der Waals surface area contributed by atoms with E-state index in [0.29, 0.717) is 52.6 Å². The van der Waals surface area contributed by atoms with Crippen molar-refractivity contribution in [3.8, 4) is 11.5 Å². The molecule has 0 amide bonds. The Labute approximate surface area is 195 Å². The van der Waals surface area contributed by atoms with E-state index in [2.05, 4.69) is 20.1 Å². The largest absolute Gasteiger partial charge is 0.464 e. The first-order valence-corrected chi connectivity index (χ1v) is 12.8. The highest BCUT2D eigenvalue weighted by molar-refractivity contribution is 14.2. The minimum absolute atomic E-state index is 0.154. The summed E-state index contributed by atoms with van der Waals surface area (Å²) in [5.74, 6) is 0.105. The molecule has 0 unspecified atom stereocenters. The molecule has 4 aromatic heterocycles. The molecule has 4 rings (SSSR count). The number of rotatable bonds is 6. The first kappa shape index (κ1) is 23.2. The molecule has 4 heterocycles. The Hall–Kier alpha value is -2.45. The van der Waals surface area contributed by atoms with Gasteiger partial charge in [-0.15, -0.1) is 5.10 Å². The molecule has 0 saturated carbocycles. The molecule has 0 aliphatic rings. The summed E-state index contributed by atoms with van der Waals surface area (Å²) in [6.45, 7) is 6.60. The molecule has 0 fully saturated rings. The van der Waals surface area contributed by atoms with E-state index in [1.807, 2.05) is 60.2 Å².